The summed E-state index contributed by atoms with van der Waals surface area (Å²) in [6.45, 7) is 0. The van der Waals surface area contributed by atoms with Gasteiger partial charge in [-0.2, -0.15) is 0 Å². The minimum absolute atomic E-state index is 0.793. The molecular weight excluding hydrogens is 280 g/mol. The van der Waals surface area contributed by atoms with Crippen LogP contribution in [0.25, 0.3) is 10.3 Å². The van der Waals surface area contributed by atoms with Crippen LogP contribution in [0, 0.1) is 0 Å². The Morgan fingerprint density at radius 1 is 1.30 bits per heavy atom. The van der Waals surface area contributed by atoms with Crippen LogP contribution in [0.3, 0.4) is 0 Å². The summed E-state index contributed by atoms with van der Waals surface area (Å²) in [5.41, 5.74) is 0. The molecular formula is C6H2Br2OS. The molecule has 0 atom stereocenters. The highest BCUT2D eigenvalue weighted by Gasteiger charge is 2.03. The number of rotatable bonds is 0. The molecule has 0 saturated heterocycles. The van der Waals surface area contributed by atoms with E-state index in [2.05, 4.69) is 31.9 Å². The third-order valence-electron chi connectivity index (χ3n) is 1.15. The topological polar surface area (TPSA) is 13.1 Å². The largest absolute Gasteiger partial charge is 0.439 e. The Hall–Kier alpha value is 0.200. The van der Waals surface area contributed by atoms with Crippen LogP contribution in [0.1, 0.15) is 0 Å². The molecule has 52 valence electrons. The number of halogens is 2. The van der Waals surface area contributed by atoms with E-state index < -0.39 is 0 Å². The van der Waals surface area contributed by atoms with Crippen LogP contribution in [0.5, 0.6) is 0 Å². The van der Waals surface area contributed by atoms with E-state index in [0.717, 1.165) is 18.7 Å². The van der Waals surface area contributed by atoms with E-state index in [0.29, 0.717) is 0 Å². The van der Waals surface area contributed by atoms with Crippen LogP contribution in [0.15, 0.2) is 25.0 Å². The molecule has 0 N–H and O–H groups in total. The molecule has 0 radical (unpaired) electrons. The predicted molar refractivity (Wildman–Crippen MR) is 49.5 cm³/mol. The van der Waals surface area contributed by atoms with Crippen LogP contribution in [0.2, 0.25) is 0 Å². The zero-order valence-corrected chi connectivity index (χ0v) is 8.72. The SMILES string of the molecule is Brc1cc2cc(Br)sc2o1. The normalized spacial score (nSPS) is 11.0. The highest BCUT2D eigenvalue weighted by Crippen LogP contribution is 2.33. The fourth-order valence-electron chi connectivity index (χ4n) is 0.779. The van der Waals surface area contributed by atoms with Crippen LogP contribution in [-0.4, -0.2) is 0 Å². The maximum absolute atomic E-state index is 5.29. The van der Waals surface area contributed by atoms with E-state index in [-0.39, 0.29) is 0 Å². The van der Waals surface area contributed by atoms with Crippen molar-refractivity contribution in [1.29, 1.82) is 0 Å². The Kier molecular flexibility index (Phi) is 1.62. The predicted octanol–water partition coefficient (Wildman–Crippen LogP) is 4.02. The smallest absolute Gasteiger partial charge is 0.190 e. The average Bonchev–Trinajstić information content (AvgIpc) is 2.21. The second-order valence-corrected chi connectivity index (χ2v) is 5.02. The first-order chi connectivity index (χ1) is 4.75. The quantitative estimate of drug-likeness (QED) is 0.711. The monoisotopic (exact) mass is 280 g/mol. The van der Waals surface area contributed by atoms with Gasteiger partial charge in [-0.25, -0.2) is 0 Å². The molecule has 2 heterocycles. The first-order valence-electron chi connectivity index (χ1n) is 2.60. The van der Waals surface area contributed by atoms with Gasteiger partial charge < -0.3 is 4.42 Å². The molecule has 0 unspecified atom stereocenters. The third kappa shape index (κ3) is 1.04. The summed E-state index contributed by atoms with van der Waals surface area (Å²) in [6.07, 6.45) is 0. The first-order valence-corrected chi connectivity index (χ1v) is 5.00. The van der Waals surface area contributed by atoms with Crippen LogP contribution < -0.4 is 0 Å². The second kappa shape index (κ2) is 2.36. The lowest BCUT2D eigenvalue weighted by molar-refractivity contribution is 0.595. The highest BCUT2D eigenvalue weighted by atomic mass is 79.9. The summed E-state index contributed by atoms with van der Waals surface area (Å²) in [7, 11) is 0. The van der Waals surface area contributed by atoms with E-state index in [1.165, 1.54) is 0 Å². The van der Waals surface area contributed by atoms with Gasteiger partial charge in [-0.3, -0.25) is 0 Å². The summed E-state index contributed by atoms with van der Waals surface area (Å²) in [4.78, 5) is 0.957. The van der Waals surface area contributed by atoms with Gasteiger partial charge in [0, 0.05) is 5.39 Å². The second-order valence-electron chi connectivity index (χ2n) is 1.84. The Balaban J connectivity index is 2.83. The van der Waals surface area contributed by atoms with Gasteiger partial charge in [-0.1, -0.05) is 11.3 Å². The number of thiophene rings is 1. The van der Waals surface area contributed by atoms with Crippen LogP contribution in [-0.2, 0) is 0 Å². The molecule has 2 aromatic heterocycles. The van der Waals surface area contributed by atoms with Crippen LogP contribution in [0.4, 0.5) is 0 Å². The lowest BCUT2D eigenvalue weighted by atomic mass is 10.4. The maximum atomic E-state index is 5.29. The van der Waals surface area contributed by atoms with Crippen molar-refractivity contribution >= 4 is 53.5 Å². The van der Waals surface area contributed by atoms with E-state index in [1.807, 2.05) is 12.1 Å². The molecule has 2 aromatic rings. The van der Waals surface area contributed by atoms with E-state index in [1.54, 1.807) is 11.3 Å². The number of furan rings is 1. The molecule has 0 spiro atoms. The number of hydrogen-bond acceptors (Lipinski definition) is 2. The van der Waals surface area contributed by atoms with Gasteiger partial charge in [0.1, 0.15) is 0 Å². The molecule has 0 aliphatic heterocycles. The van der Waals surface area contributed by atoms with Crippen molar-refractivity contribution in [3.8, 4) is 0 Å². The maximum Gasteiger partial charge on any atom is 0.190 e. The minimum Gasteiger partial charge on any atom is -0.439 e. The van der Waals surface area contributed by atoms with Crippen molar-refractivity contribution in [3.05, 3.63) is 20.6 Å². The fourth-order valence-corrected chi connectivity index (χ4v) is 2.71. The highest BCUT2D eigenvalue weighted by molar-refractivity contribution is 9.11. The molecule has 2 rings (SSSR count). The summed E-state index contributed by atoms with van der Waals surface area (Å²) in [5.74, 6) is 0. The fraction of sp³-hybridized carbons (Fsp3) is 0. The van der Waals surface area contributed by atoms with Crippen molar-refractivity contribution in [2.75, 3.05) is 0 Å². The molecule has 1 nitrogen and oxygen atoms in total. The van der Waals surface area contributed by atoms with Gasteiger partial charge in [0.25, 0.3) is 0 Å². The summed E-state index contributed by atoms with van der Waals surface area (Å²) >= 11 is 8.22. The van der Waals surface area contributed by atoms with Gasteiger partial charge in [0.2, 0.25) is 0 Å². The summed E-state index contributed by atoms with van der Waals surface area (Å²) in [6, 6.07) is 3.99. The van der Waals surface area contributed by atoms with Gasteiger partial charge in [0.05, 0.1) is 3.79 Å². The van der Waals surface area contributed by atoms with Crippen molar-refractivity contribution in [1.82, 2.24) is 0 Å². The van der Waals surface area contributed by atoms with Crippen molar-refractivity contribution in [2.45, 2.75) is 0 Å². The lowest BCUT2D eigenvalue weighted by Gasteiger charge is -1.73. The minimum atomic E-state index is 0.793. The summed E-state index contributed by atoms with van der Waals surface area (Å²) in [5, 5.41) is 1.14. The van der Waals surface area contributed by atoms with Gasteiger partial charge >= 0.3 is 0 Å². The van der Waals surface area contributed by atoms with E-state index >= 15 is 0 Å². The van der Waals surface area contributed by atoms with Crippen molar-refractivity contribution in [3.63, 3.8) is 0 Å². The average molecular weight is 282 g/mol. The van der Waals surface area contributed by atoms with Gasteiger partial charge in [-0.05, 0) is 44.0 Å². The van der Waals surface area contributed by atoms with E-state index in [9.17, 15) is 0 Å². The van der Waals surface area contributed by atoms with Crippen molar-refractivity contribution < 1.29 is 4.42 Å². The Bertz CT molecular complexity index is 300. The van der Waals surface area contributed by atoms with E-state index in [4.69, 9.17) is 4.42 Å². The van der Waals surface area contributed by atoms with Gasteiger partial charge in [0.15, 0.2) is 9.57 Å². The summed E-state index contributed by atoms with van der Waals surface area (Å²) < 4.78 is 7.19. The third-order valence-corrected chi connectivity index (χ3v) is 3.08. The van der Waals surface area contributed by atoms with Gasteiger partial charge in [-0.15, -0.1) is 0 Å². The molecule has 0 bridgehead atoms. The van der Waals surface area contributed by atoms with Crippen LogP contribution >= 0.6 is 43.2 Å². The Morgan fingerprint density at radius 2 is 2.10 bits per heavy atom. The molecule has 0 amide bonds. The molecule has 0 aromatic carbocycles. The first kappa shape index (κ1) is 6.88. The molecule has 0 fully saturated rings. The molecule has 0 saturated carbocycles. The molecule has 10 heavy (non-hydrogen) atoms. The molecule has 0 aliphatic carbocycles. The Morgan fingerprint density at radius 3 is 2.80 bits per heavy atom. The zero-order valence-electron chi connectivity index (χ0n) is 4.73. The molecule has 0 aliphatic rings. The Labute approximate surface area is 78.3 Å². The number of fused-ring (bicyclic) bond motifs is 1. The zero-order chi connectivity index (χ0) is 7.14. The molecule has 4 heteroatoms. The lowest BCUT2D eigenvalue weighted by Crippen LogP contribution is -1.43. The number of hydrogen-bond donors (Lipinski definition) is 0. The van der Waals surface area contributed by atoms with Crippen molar-refractivity contribution in [2.24, 2.45) is 0 Å². The standard InChI is InChI=1S/C6H2Br2OS/c7-4-1-3-2-5(8)10-6(3)9-4/h1-2H.